The fourth-order valence-electron chi connectivity index (χ4n) is 3.18. The molecule has 2 heterocycles. The Morgan fingerprint density at radius 1 is 1.38 bits per heavy atom. The van der Waals surface area contributed by atoms with Gasteiger partial charge in [0.2, 0.25) is 0 Å². The van der Waals surface area contributed by atoms with Gasteiger partial charge in [0.1, 0.15) is 18.2 Å². The lowest BCUT2D eigenvalue weighted by Crippen LogP contribution is -2.14. The number of nitrogens with one attached hydrogen (secondary N) is 2. The topological polar surface area (TPSA) is 49.9 Å². The highest BCUT2D eigenvalue weighted by Crippen LogP contribution is 2.39. The summed E-state index contributed by atoms with van der Waals surface area (Å²) in [5.74, 6) is 0.585. The lowest BCUT2D eigenvalue weighted by molar-refractivity contribution is -0.138. The summed E-state index contributed by atoms with van der Waals surface area (Å²) < 4.78 is 45.6. The maximum atomic E-state index is 13.5. The third kappa shape index (κ3) is 3.77. The van der Waals surface area contributed by atoms with Crippen molar-refractivity contribution in [1.82, 2.24) is 15.3 Å². The van der Waals surface area contributed by atoms with Crippen molar-refractivity contribution in [3.05, 3.63) is 47.9 Å². The second-order valence-electron chi connectivity index (χ2n) is 6.26. The van der Waals surface area contributed by atoms with Crippen molar-refractivity contribution in [3.8, 4) is 17.0 Å². The third-order valence-electron chi connectivity index (χ3n) is 4.46. The molecule has 2 aromatic rings. The van der Waals surface area contributed by atoms with Gasteiger partial charge in [-0.3, -0.25) is 0 Å². The van der Waals surface area contributed by atoms with Gasteiger partial charge in [-0.15, -0.1) is 0 Å². The number of hydrogen-bond donors (Lipinski definition) is 2. The highest BCUT2D eigenvalue weighted by molar-refractivity contribution is 5.65. The van der Waals surface area contributed by atoms with Gasteiger partial charge in [0.05, 0.1) is 17.3 Å². The van der Waals surface area contributed by atoms with Crippen molar-refractivity contribution in [1.29, 1.82) is 0 Å². The summed E-state index contributed by atoms with van der Waals surface area (Å²) in [5.41, 5.74) is 1.03. The van der Waals surface area contributed by atoms with E-state index in [-0.39, 0.29) is 18.4 Å². The van der Waals surface area contributed by atoms with Gasteiger partial charge >= 0.3 is 6.18 Å². The first kappa shape index (κ1) is 18.5. The SMILES string of the molecule is C=CCOc1ccc(-c2nc(C3CCCN3)[nH]c2CC)cc1C(F)(F)F. The van der Waals surface area contributed by atoms with Crippen LogP contribution in [0.15, 0.2) is 30.9 Å². The van der Waals surface area contributed by atoms with Gasteiger partial charge in [-0.1, -0.05) is 19.6 Å². The molecule has 140 valence electrons. The highest BCUT2D eigenvalue weighted by Gasteiger charge is 2.35. The quantitative estimate of drug-likeness (QED) is 0.733. The third-order valence-corrected chi connectivity index (χ3v) is 4.46. The molecule has 1 aromatic heterocycles. The molecule has 0 radical (unpaired) electrons. The lowest BCUT2D eigenvalue weighted by Gasteiger charge is -2.14. The number of halogens is 3. The second-order valence-corrected chi connectivity index (χ2v) is 6.26. The van der Waals surface area contributed by atoms with Crippen LogP contribution < -0.4 is 10.1 Å². The monoisotopic (exact) mass is 365 g/mol. The molecule has 4 nitrogen and oxygen atoms in total. The Morgan fingerprint density at radius 3 is 2.81 bits per heavy atom. The van der Waals surface area contributed by atoms with Crippen molar-refractivity contribution in [2.24, 2.45) is 0 Å². The summed E-state index contributed by atoms with van der Waals surface area (Å²) >= 11 is 0. The molecule has 1 aliphatic rings. The summed E-state index contributed by atoms with van der Waals surface area (Å²) in [6, 6.07) is 4.21. The number of aromatic amines is 1. The first-order valence-corrected chi connectivity index (χ1v) is 8.71. The number of alkyl halides is 3. The number of H-pyrrole nitrogens is 1. The molecule has 1 aromatic carbocycles. The summed E-state index contributed by atoms with van der Waals surface area (Å²) in [6.07, 6.45) is -0.401. The van der Waals surface area contributed by atoms with E-state index in [0.29, 0.717) is 17.7 Å². The van der Waals surface area contributed by atoms with Crippen LogP contribution in [-0.4, -0.2) is 23.1 Å². The van der Waals surface area contributed by atoms with Gasteiger partial charge < -0.3 is 15.0 Å². The first-order chi connectivity index (χ1) is 12.4. The Bertz CT molecular complexity index is 777. The van der Waals surface area contributed by atoms with Gasteiger partial charge in [0.15, 0.2) is 0 Å². The fourth-order valence-corrected chi connectivity index (χ4v) is 3.18. The summed E-state index contributed by atoms with van der Waals surface area (Å²) in [6.45, 7) is 6.37. The van der Waals surface area contributed by atoms with Crippen molar-refractivity contribution in [3.63, 3.8) is 0 Å². The van der Waals surface area contributed by atoms with Crippen molar-refractivity contribution < 1.29 is 17.9 Å². The zero-order valence-corrected chi connectivity index (χ0v) is 14.6. The molecule has 1 fully saturated rings. The Morgan fingerprint density at radius 2 is 2.19 bits per heavy atom. The van der Waals surface area contributed by atoms with Crippen molar-refractivity contribution in [2.45, 2.75) is 38.4 Å². The number of aromatic nitrogens is 2. The van der Waals surface area contributed by atoms with E-state index in [1.54, 1.807) is 6.07 Å². The van der Waals surface area contributed by atoms with Crippen LogP contribution in [0.4, 0.5) is 13.2 Å². The van der Waals surface area contributed by atoms with Gasteiger partial charge in [0.25, 0.3) is 0 Å². The normalized spacial score (nSPS) is 17.5. The van der Waals surface area contributed by atoms with Crippen LogP contribution in [0.5, 0.6) is 5.75 Å². The molecule has 0 saturated carbocycles. The minimum Gasteiger partial charge on any atom is -0.489 e. The van der Waals surface area contributed by atoms with E-state index in [1.165, 1.54) is 12.1 Å². The minimum absolute atomic E-state index is 0.0164. The number of imidazole rings is 1. The fraction of sp³-hybridized carbons (Fsp3) is 0.421. The molecule has 1 unspecified atom stereocenters. The van der Waals surface area contributed by atoms with Gasteiger partial charge in [-0.2, -0.15) is 13.2 Å². The Balaban J connectivity index is 2.01. The molecular weight excluding hydrogens is 343 g/mol. The average Bonchev–Trinajstić information content (AvgIpc) is 3.28. The number of rotatable bonds is 6. The predicted octanol–water partition coefficient (Wildman–Crippen LogP) is 4.65. The molecule has 1 atom stereocenters. The first-order valence-electron chi connectivity index (χ1n) is 8.71. The van der Waals surface area contributed by atoms with Crippen LogP contribution in [0.3, 0.4) is 0 Å². The van der Waals surface area contributed by atoms with E-state index in [0.717, 1.165) is 37.0 Å². The van der Waals surface area contributed by atoms with E-state index >= 15 is 0 Å². The highest BCUT2D eigenvalue weighted by atomic mass is 19.4. The summed E-state index contributed by atoms with van der Waals surface area (Å²) in [7, 11) is 0. The standard InChI is InChI=1S/C19H22F3N3O/c1-3-10-26-16-8-7-12(11-13(16)19(20,21)22)17-14(4-2)24-18(25-17)15-6-5-9-23-15/h3,7-8,11,15,23H,1,4-6,9-10H2,2H3,(H,24,25). The molecule has 2 N–H and O–H groups in total. The molecule has 1 aliphatic heterocycles. The van der Waals surface area contributed by atoms with Gasteiger partial charge in [0, 0.05) is 11.3 Å². The zero-order valence-electron chi connectivity index (χ0n) is 14.6. The molecule has 0 aliphatic carbocycles. The molecule has 3 rings (SSSR count). The molecule has 0 amide bonds. The van der Waals surface area contributed by atoms with Crippen molar-refractivity contribution in [2.75, 3.05) is 13.2 Å². The largest absolute Gasteiger partial charge is 0.489 e. The van der Waals surface area contributed by atoms with Gasteiger partial charge in [-0.05, 0) is 44.0 Å². The number of ether oxygens (including phenoxy) is 1. The number of benzene rings is 1. The molecule has 7 heteroatoms. The summed E-state index contributed by atoms with van der Waals surface area (Å²) in [5, 5.41) is 3.35. The molecule has 0 bridgehead atoms. The second kappa shape index (κ2) is 7.53. The van der Waals surface area contributed by atoms with E-state index in [1.807, 2.05) is 6.92 Å². The maximum Gasteiger partial charge on any atom is 0.419 e. The summed E-state index contributed by atoms with van der Waals surface area (Å²) in [4.78, 5) is 7.89. The lowest BCUT2D eigenvalue weighted by atomic mass is 10.0. The zero-order chi connectivity index (χ0) is 18.7. The molecule has 0 spiro atoms. The predicted molar refractivity (Wildman–Crippen MR) is 94.1 cm³/mol. The van der Waals surface area contributed by atoms with Crippen LogP contribution in [-0.2, 0) is 12.6 Å². The van der Waals surface area contributed by atoms with Crippen LogP contribution >= 0.6 is 0 Å². The van der Waals surface area contributed by atoms with E-state index in [4.69, 9.17) is 4.74 Å². The number of aryl methyl sites for hydroxylation is 1. The Kier molecular flexibility index (Phi) is 5.36. The van der Waals surface area contributed by atoms with Crippen LogP contribution in [0.1, 0.15) is 42.9 Å². The average molecular weight is 365 g/mol. The van der Waals surface area contributed by atoms with Crippen LogP contribution in [0.25, 0.3) is 11.3 Å². The minimum atomic E-state index is -4.51. The molecule has 1 saturated heterocycles. The van der Waals surface area contributed by atoms with Gasteiger partial charge in [-0.25, -0.2) is 4.98 Å². The number of hydrogen-bond acceptors (Lipinski definition) is 3. The Hall–Kier alpha value is -2.28. The van der Waals surface area contributed by atoms with E-state index in [9.17, 15) is 13.2 Å². The molecule has 26 heavy (non-hydrogen) atoms. The van der Waals surface area contributed by atoms with Crippen LogP contribution in [0.2, 0.25) is 0 Å². The Labute approximate surface area is 150 Å². The molecular formula is C19H22F3N3O. The van der Waals surface area contributed by atoms with Crippen molar-refractivity contribution >= 4 is 0 Å². The van der Waals surface area contributed by atoms with Crippen LogP contribution in [0, 0.1) is 0 Å². The smallest absolute Gasteiger partial charge is 0.419 e. The van der Waals surface area contributed by atoms with E-state index < -0.39 is 11.7 Å². The van der Waals surface area contributed by atoms with E-state index in [2.05, 4.69) is 21.9 Å². The number of nitrogens with zero attached hydrogens (tertiary/aromatic N) is 1. The maximum absolute atomic E-state index is 13.5.